The number of aromatic hydroxyl groups is 1. The number of benzene rings is 1. The summed E-state index contributed by atoms with van der Waals surface area (Å²) in [7, 11) is 0. The molecule has 1 aromatic rings. The summed E-state index contributed by atoms with van der Waals surface area (Å²) in [5.74, 6) is -6.55. The third-order valence-corrected chi connectivity index (χ3v) is 4.73. The first-order valence-electron chi connectivity index (χ1n) is 10.5. The molecule has 1 rings (SSSR count). The van der Waals surface area contributed by atoms with Crippen LogP contribution in [0.4, 0.5) is 0 Å². The van der Waals surface area contributed by atoms with Gasteiger partial charge in [0.1, 0.15) is 23.9 Å². The Bertz CT molecular complexity index is 949. The van der Waals surface area contributed by atoms with E-state index >= 15 is 0 Å². The smallest absolute Gasteiger partial charge is 0.326 e. The highest BCUT2D eigenvalue weighted by atomic mass is 16.4. The van der Waals surface area contributed by atoms with Gasteiger partial charge in [-0.25, -0.2) is 4.79 Å². The summed E-state index contributed by atoms with van der Waals surface area (Å²) >= 11 is 0. The largest absolute Gasteiger partial charge is 0.508 e. The second kappa shape index (κ2) is 13.5. The molecule has 10 N–H and O–H groups in total. The van der Waals surface area contributed by atoms with Gasteiger partial charge in [0.15, 0.2) is 0 Å². The summed E-state index contributed by atoms with van der Waals surface area (Å²) in [6.07, 6.45) is -1.70. The predicted octanol–water partition coefficient (Wildman–Crippen LogP) is -2.44. The third-order valence-electron chi connectivity index (χ3n) is 4.73. The number of nitrogens with one attached hydrogen (secondary N) is 3. The molecule has 192 valence electrons. The molecule has 0 aliphatic carbocycles. The molecule has 4 amide bonds. The van der Waals surface area contributed by atoms with Crippen LogP contribution in [-0.2, 0) is 35.2 Å². The monoisotopic (exact) mass is 495 g/mol. The van der Waals surface area contributed by atoms with E-state index in [1.54, 1.807) is 0 Å². The molecular weight excluding hydrogens is 466 g/mol. The molecule has 14 nitrogen and oxygen atoms in total. The van der Waals surface area contributed by atoms with Gasteiger partial charge in [0.25, 0.3) is 0 Å². The molecule has 1 aromatic carbocycles. The van der Waals surface area contributed by atoms with Crippen molar-refractivity contribution in [3.8, 4) is 5.75 Å². The highest BCUT2D eigenvalue weighted by Crippen LogP contribution is 2.12. The summed E-state index contributed by atoms with van der Waals surface area (Å²) in [6, 6.07) is 0.166. The van der Waals surface area contributed by atoms with Gasteiger partial charge in [-0.1, -0.05) is 12.1 Å². The van der Waals surface area contributed by atoms with Gasteiger partial charge in [-0.3, -0.25) is 24.0 Å². The molecule has 0 saturated carbocycles. The standard InChI is InChI=1S/C21H29N5O9/c1-10(22)18(31)25-14(8-11-2-4-12(27)5-3-11)19(32)26-15(9-17(29)30)20(33)24-13(21(34)35)6-7-16(23)28/h2-5,10,13-15,27H,6-9,22H2,1H3,(H2,23,28)(H,24,33)(H,25,31)(H,26,32)(H,29,30)(H,34,35). The summed E-state index contributed by atoms with van der Waals surface area (Å²) in [5.41, 5.74) is 11.0. The van der Waals surface area contributed by atoms with Crippen molar-refractivity contribution in [2.24, 2.45) is 11.5 Å². The van der Waals surface area contributed by atoms with Crippen molar-refractivity contribution in [2.75, 3.05) is 0 Å². The predicted molar refractivity (Wildman–Crippen MR) is 120 cm³/mol. The van der Waals surface area contributed by atoms with Crippen LogP contribution in [0.2, 0.25) is 0 Å². The molecule has 0 fully saturated rings. The Kier molecular flexibility index (Phi) is 11.1. The molecule has 0 saturated heterocycles. The number of carboxylic acids is 2. The van der Waals surface area contributed by atoms with Gasteiger partial charge in [0, 0.05) is 12.8 Å². The van der Waals surface area contributed by atoms with Crippen molar-refractivity contribution in [1.29, 1.82) is 0 Å². The minimum atomic E-state index is -1.70. The molecule has 0 aliphatic rings. The Morgan fingerprint density at radius 3 is 1.86 bits per heavy atom. The molecule has 0 spiro atoms. The molecular formula is C21H29N5O9. The Balaban J connectivity index is 3.08. The van der Waals surface area contributed by atoms with E-state index in [2.05, 4.69) is 16.0 Å². The second-order valence-corrected chi connectivity index (χ2v) is 7.78. The van der Waals surface area contributed by atoms with Crippen LogP contribution >= 0.6 is 0 Å². The van der Waals surface area contributed by atoms with E-state index in [0.717, 1.165) is 0 Å². The lowest BCUT2D eigenvalue weighted by Gasteiger charge is -2.24. The number of hydrogen-bond acceptors (Lipinski definition) is 8. The molecule has 4 atom stereocenters. The van der Waals surface area contributed by atoms with E-state index in [0.29, 0.717) is 5.56 Å². The minimum absolute atomic E-state index is 0.0307. The lowest BCUT2D eigenvalue weighted by molar-refractivity contribution is -0.143. The van der Waals surface area contributed by atoms with Gasteiger partial charge >= 0.3 is 11.9 Å². The van der Waals surface area contributed by atoms with Crippen molar-refractivity contribution >= 4 is 35.6 Å². The second-order valence-electron chi connectivity index (χ2n) is 7.78. The van der Waals surface area contributed by atoms with Crippen molar-refractivity contribution < 1.29 is 44.1 Å². The molecule has 0 aromatic heterocycles. The first-order chi connectivity index (χ1) is 16.3. The van der Waals surface area contributed by atoms with Crippen LogP contribution in [0.5, 0.6) is 5.75 Å². The van der Waals surface area contributed by atoms with E-state index in [1.807, 2.05) is 0 Å². The number of phenols is 1. The Morgan fingerprint density at radius 1 is 0.857 bits per heavy atom. The fourth-order valence-corrected chi connectivity index (χ4v) is 2.85. The van der Waals surface area contributed by atoms with Gasteiger partial charge in [-0.05, 0) is 31.0 Å². The summed E-state index contributed by atoms with van der Waals surface area (Å²) in [6.45, 7) is 1.38. The Hall–Kier alpha value is -4.20. The number of amides is 4. The SMILES string of the molecule is CC(N)C(=O)NC(Cc1ccc(O)cc1)C(=O)NC(CC(=O)O)C(=O)NC(CCC(N)=O)C(=O)O. The average molecular weight is 495 g/mol. The summed E-state index contributed by atoms with van der Waals surface area (Å²) in [4.78, 5) is 71.3. The number of aliphatic carboxylic acids is 2. The van der Waals surface area contributed by atoms with Crippen LogP contribution in [0.25, 0.3) is 0 Å². The molecule has 14 heteroatoms. The van der Waals surface area contributed by atoms with E-state index in [1.165, 1.54) is 31.2 Å². The average Bonchev–Trinajstić information content (AvgIpc) is 2.76. The molecule has 0 aliphatic heterocycles. The Labute approximate surface area is 200 Å². The first kappa shape index (κ1) is 28.8. The van der Waals surface area contributed by atoms with E-state index < -0.39 is 66.2 Å². The van der Waals surface area contributed by atoms with Crippen LogP contribution in [0, 0.1) is 0 Å². The number of primary amides is 1. The zero-order valence-corrected chi connectivity index (χ0v) is 18.9. The summed E-state index contributed by atoms with van der Waals surface area (Å²) in [5, 5.41) is 34.5. The lowest BCUT2D eigenvalue weighted by atomic mass is 10.0. The van der Waals surface area contributed by atoms with Crippen LogP contribution in [-0.4, -0.2) is 75.1 Å². The normalized spacial score (nSPS) is 14.0. The maximum atomic E-state index is 12.9. The van der Waals surface area contributed by atoms with Crippen LogP contribution in [0.15, 0.2) is 24.3 Å². The van der Waals surface area contributed by atoms with Gasteiger partial charge in [-0.2, -0.15) is 0 Å². The number of carbonyl (C=O) groups is 6. The summed E-state index contributed by atoms with van der Waals surface area (Å²) < 4.78 is 0. The van der Waals surface area contributed by atoms with E-state index in [4.69, 9.17) is 16.6 Å². The molecule has 0 bridgehead atoms. The maximum absolute atomic E-state index is 12.9. The van der Waals surface area contributed by atoms with Crippen LogP contribution in [0.1, 0.15) is 31.7 Å². The fraction of sp³-hybridized carbons (Fsp3) is 0.429. The zero-order chi connectivity index (χ0) is 26.7. The van der Waals surface area contributed by atoms with Gasteiger partial charge in [0.05, 0.1) is 12.5 Å². The van der Waals surface area contributed by atoms with Gasteiger partial charge in [0.2, 0.25) is 23.6 Å². The molecule has 0 heterocycles. The molecule has 4 unspecified atom stereocenters. The van der Waals surface area contributed by atoms with Crippen LogP contribution in [0.3, 0.4) is 0 Å². The van der Waals surface area contributed by atoms with Crippen molar-refractivity contribution in [1.82, 2.24) is 16.0 Å². The number of hydrogen-bond donors (Lipinski definition) is 8. The van der Waals surface area contributed by atoms with Crippen molar-refractivity contribution in [3.63, 3.8) is 0 Å². The van der Waals surface area contributed by atoms with Crippen LogP contribution < -0.4 is 27.4 Å². The molecule has 0 radical (unpaired) electrons. The highest BCUT2D eigenvalue weighted by molar-refractivity contribution is 5.95. The number of phenolic OH excluding ortho intramolecular Hbond substituents is 1. The van der Waals surface area contributed by atoms with Crippen molar-refractivity contribution in [3.05, 3.63) is 29.8 Å². The number of carboxylic acid groups (broad SMARTS) is 2. The van der Waals surface area contributed by atoms with Gasteiger partial charge < -0.3 is 42.7 Å². The third kappa shape index (κ3) is 10.5. The van der Waals surface area contributed by atoms with E-state index in [9.17, 15) is 39.0 Å². The molecule has 35 heavy (non-hydrogen) atoms. The first-order valence-corrected chi connectivity index (χ1v) is 10.5. The number of carbonyl (C=O) groups excluding carboxylic acids is 4. The highest BCUT2D eigenvalue weighted by Gasteiger charge is 2.31. The zero-order valence-electron chi connectivity index (χ0n) is 18.9. The lowest BCUT2D eigenvalue weighted by Crippen LogP contribution is -2.57. The topological polar surface area (TPSA) is 251 Å². The minimum Gasteiger partial charge on any atom is -0.508 e. The Morgan fingerprint density at radius 2 is 1.37 bits per heavy atom. The number of rotatable bonds is 14. The fourth-order valence-electron chi connectivity index (χ4n) is 2.85. The number of nitrogens with two attached hydrogens (primary N) is 2. The van der Waals surface area contributed by atoms with E-state index in [-0.39, 0.29) is 25.0 Å². The quantitative estimate of drug-likeness (QED) is 0.135. The van der Waals surface area contributed by atoms with Crippen molar-refractivity contribution in [2.45, 2.75) is 56.8 Å². The van der Waals surface area contributed by atoms with Gasteiger partial charge in [-0.15, -0.1) is 0 Å². The maximum Gasteiger partial charge on any atom is 0.326 e.